The number of aldehydes is 1. The summed E-state index contributed by atoms with van der Waals surface area (Å²) in [5.74, 6) is 4.41. The molecule has 1 aromatic carbocycles. The minimum Gasteiger partial charge on any atom is -0.465 e. The number of ether oxygens (including phenoxy) is 1. The van der Waals surface area contributed by atoms with Gasteiger partial charge in [0.2, 0.25) is 0 Å². The highest BCUT2D eigenvalue weighted by molar-refractivity contribution is 5.80. The molecule has 6 heteroatoms. The lowest BCUT2D eigenvalue weighted by Crippen LogP contribution is -2.06. The van der Waals surface area contributed by atoms with Crippen LogP contribution in [0.2, 0.25) is 0 Å². The highest BCUT2D eigenvalue weighted by atomic mass is 19.4. The summed E-state index contributed by atoms with van der Waals surface area (Å²) in [4.78, 5) is 21.8. The van der Waals surface area contributed by atoms with Crippen molar-refractivity contribution in [2.75, 3.05) is 6.61 Å². The van der Waals surface area contributed by atoms with Gasteiger partial charge < -0.3 is 4.74 Å². The topological polar surface area (TPSA) is 43.4 Å². The van der Waals surface area contributed by atoms with E-state index in [1.54, 1.807) is 6.92 Å². The molecule has 0 saturated heterocycles. The Kier molecular flexibility index (Phi) is 5.32. The molecule has 0 saturated carbocycles. The van der Waals surface area contributed by atoms with Crippen LogP contribution in [-0.2, 0) is 15.7 Å². The largest absolute Gasteiger partial charge is 0.465 e. The van der Waals surface area contributed by atoms with Crippen LogP contribution >= 0.6 is 0 Å². The zero-order chi connectivity index (χ0) is 15.2. The third kappa shape index (κ3) is 4.43. The van der Waals surface area contributed by atoms with Crippen molar-refractivity contribution in [2.45, 2.75) is 19.5 Å². The van der Waals surface area contributed by atoms with Crippen molar-refractivity contribution < 1.29 is 27.5 Å². The summed E-state index contributed by atoms with van der Waals surface area (Å²) in [6, 6.07) is 2.66. The Morgan fingerprint density at radius 3 is 2.65 bits per heavy atom. The molecule has 1 rings (SSSR count). The fourth-order valence-corrected chi connectivity index (χ4v) is 1.37. The lowest BCUT2D eigenvalue weighted by atomic mass is 10.0. The van der Waals surface area contributed by atoms with E-state index in [2.05, 4.69) is 16.6 Å². The average molecular weight is 284 g/mol. The number of carbonyl (C=O) groups is 2. The van der Waals surface area contributed by atoms with Crippen LogP contribution in [0.5, 0.6) is 0 Å². The van der Waals surface area contributed by atoms with Gasteiger partial charge in [-0.3, -0.25) is 9.59 Å². The fraction of sp³-hybridized carbons (Fsp3) is 0.286. The van der Waals surface area contributed by atoms with E-state index in [1.807, 2.05) is 0 Å². The van der Waals surface area contributed by atoms with E-state index in [4.69, 9.17) is 0 Å². The number of halogens is 3. The molecule has 0 atom stereocenters. The summed E-state index contributed by atoms with van der Waals surface area (Å²) in [6.45, 7) is 1.87. The molecular weight excluding hydrogens is 273 g/mol. The Morgan fingerprint density at radius 2 is 2.10 bits per heavy atom. The Balaban J connectivity index is 2.95. The summed E-state index contributed by atoms with van der Waals surface area (Å²) in [7, 11) is 0. The van der Waals surface area contributed by atoms with Crippen LogP contribution in [-0.4, -0.2) is 18.9 Å². The van der Waals surface area contributed by atoms with Gasteiger partial charge >= 0.3 is 12.1 Å². The number of esters is 1. The Hall–Kier alpha value is -2.29. The van der Waals surface area contributed by atoms with E-state index in [9.17, 15) is 22.8 Å². The minimum absolute atomic E-state index is 0.136. The summed E-state index contributed by atoms with van der Waals surface area (Å²) in [5, 5.41) is 0. The van der Waals surface area contributed by atoms with Crippen LogP contribution < -0.4 is 0 Å². The van der Waals surface area contributed by atoms with Crippen LogP contribution in [0, 0.1) is 11.8 Å². The van der Waals surface area contributed by atoms with Gasteiger partial charge in [-0.25, -0.2) is 0 Å². The van der Waals surface area contributed by atoms with E-state index in [1.165, 1.54) is 0 Å². The number of hydrogen-bond donors (Lipinski definition) is 0. The quantitative estimate of drug-likeness (QED) is 0.487. The molecule has 0 bridgehead atoms. The van der Waals surface area contributed by atoms with E-state index in [0.29, 0.717) is 6.29 Å². The maximum absolute atomic E-state index is 12.5. The molecule has 0 N–H and O–H groups in total. The lowest BCUT2D eigenvalue weighted by Gasteiger charge is -2.07. The Morgan fingerprint density at radius 1 is 1.40 bits per heavy atom. The normalized spacial score (nSPS) is 10.4. The van der Waals surface area contributed by atoms with Crippen molar-refractivity contribution in [2.24, 2.45) is 0 Å². The molecule has 0 aliphatic rings. The summed E-state index contributed by atoms with van der Waals surface area (Å²) >= 11 is 0. The van der Waals surface area contributed by atoms with Crippen LogP contribution in [0.25, 0.3) is 0 Å². The zero-order valence-corrected chi connectivity index (χ0v) is 10.6. The molecule has 0 fully saturated rings. The lowest BCUT2D eigenvalue weighted by molar-refractivity contribution is -0.142. The van der Waals surface area contributed by atoms with Gasteiger partial charge in [0, 0.05) is 11.1 Å². The highest BCUT2D eigenvalue weighted by Crippen LogP contribution is 2.30. The van der Waals surface area contributed by atoms with Gasteiger partial charge in [-0.05, 0) is 25.1 Å². The van der Waals surface area contributed by atoms with Crippen molar-refractivity contribution in [3.8, 4) is 11.8 Å². The van der Waals surface area contributed by atoms with Crippen molar-refractivity contribution in [1.82, 2.24) is 0 Å². The number of rotatable bonds is 3. The molecule has 0 aromatic heterocycles. The van der Waals surface area contributed by atoms with Gasteiger partial charge in [0.25, 0.3) is 0 Å². The Bertz CT molecular complexity index is 565. The summed E-state index contributed by atoms with van der Waals surface area (Å²) in [5.41, 5.74) is -0.955. The first-order chi connectivity index (χ1) is 9.38. The van der Waals surface area contributed by atoms with Gasteiger partial charge in [-0.1, -0.05) is 11.8 Å². The fourth-order valence-electron chi connectivity index (χ4n) is 1.37. The van der Waals surface area contributed by atoms with Gasteiger partial charge in [0.05, 0.1) is 12.2 Å². The highest BCUT2D eigenvalue weighted by Gasteiger charge is 2.30. The van der Waals surface area contributed by atoms with Crippen LogP contribution in [0.3, 0.4) is 0 Å². The van der Waals surface area contributed by atoms with E-state index in [-0.39, 0.29) is 24.2 Å². The number of alkyl halides is 3. The average Bonchev–Trinajstić information content (AvgIpc) is 2.38. The Labute approximate surface area is 113 Å². The van der Waals surface area contributed by atoms with Gasteiger partial charge in [-0.2, -0.15) is 13.2 Å². The van der Waals surface area contributed by atoms with Gasteiger partial charge in [-0.15, -0.1) is 0 Å². The molecular formula is C14H11F3O3. The first-order valence-electron chi connectivity index (χ1n) is 5.69. The molecule has 0 aliphatic carbocycles. The number of hydrogen-bond acceptors (Lipinski definition) is 3. The first kappa shape index (κ1) is 15.8. The molecule has 1 aromatic rings. The number of carbonyl (C=O) groups excluding carboxylic acids is 2. The van der Waals surface area contributed by atoms with Crippen molar-refractivity contribution in [3.63, 3.8) is 0 Å². The predicted molar refractivity (Wildman–Crippen MR) is 65.0 cm³/mol. The molecule has 3 nitrogen and oxygen atoms in total. The standard InChI is InChI=1S/C14H11F3O3/c1-2-20-13(19)5-3-4-10-6-7-12(14(15,16)17)8-11(10)9-18/h6-9H,2,5H2,1H3. The molecule has 0 amide bonds. The maximum atomic E-state index is 12.5. The summed E-state index contributed by atoms with van der Waals surface area (Å²) < 4.78 is 42.0. The summed E-state index contributed by atoms with van der Waals surface area (Å²) in [6.07, 6.45) is -4.41. The molecule has 106 valence electrons. The van der Waals surface area contributed by atoms with Crippen LogP contribution in [0.15, 0.2) is 18.2 Å². The van der Waals surface area contributed by atoms with E-state index >= 15 is 0 Å². The molecule has 20 heavy (non-hydrogen) atoms. The zero-order valence-electron chi connectivity index (χ0n) is 10.6. The second-order valence-corrected chi connectivity index (χ2v) is 3.70. The third-order valence-electron chi connectivity index (χ3n) is 2.27. The second kappa shape index (κ2) is 6.75. The van der Waals surface area contributed by atoms with Crippen LogP contribution in [0.1, 0.15) is 34.8 Å². The second-order valence-electron chi connectivity index (χ2n) is 3.70. The third-order valence-corrected chi connectivity index (χ3v) is 2.27. The van der Waals surface area contributed by atoms with Crippen molar-refractivity contribution in [3.05, 3.63) is 34.9 Å². The monoisotopic (exact) mass is 284 g/mol. The minimum atomic E-state index is -4.52. The van der Waals surface area contributed by atoms with Gasteiger partial charge in [0.1, 0.15) is 6.42 Å². The maximum Gasteiger partial charge on any atom is 0.416 e. The SMILES string of the molecule is CCOC(=O)CC#Cc1ccc(C(F)(F)F)cc1C=O. The van der Waals surface area contributed by atoms with Gasteiger partial charge in [0.15, 0.2) is 6.29 Å². The first-order valence-corrected chi connectivity index (χ1v) is 5.69. The smallest absolute Gasteiger partial charge is 0.416 e. The molecule has 0 radical (unpaired) electrons. The molecule has 0 aliphatic heterocycles. The molecule has 0 spiro atoms. The van der Waals surface area contributed by atoms with E-state index < -0.39 is 17.7 Å². The molecule has 0 unspecified atom stereocenters. The molecule has 0 heterocycles. The number of benzene rings is 1. The van der Waals surface area contributed by atoms with Crippen molar-refractivity contribution in [1.29, 1.82) is 0 Å². The van der Waals surface area contributed by atoms with E-state index in [0.717, 1.165) is 18.2 Å². The predicted octanol–water partition coefficient (Wildman–Crippen LogP) is 2.82. The van der Waals surface area contributed by atoms with Crippen LogP contribution in [0.4, 0.5) is 13.2 Å². The van der Waals surface area contributed by atoms with Crippen molar-refractivity contribution >= 4 is 12.3 Å².